The van der Waals surface area contributed by atoms with Crippen LogP contribution in [0, 0.1) is 12.3 Å². The van der Waals surface area contributed by atoms with Crippen molar-refractivity contribution in [2.45, 2.75) is 34.3 Å². The second-order valence-electron chi connectivity index (χ2n) is 7.83. The van der Waals surface area contributed by atoms with E-state index in [-0.39, 0.29) is 12.5 Å². The molecule has 0 aliphatic heterocycles. The first-order valence-corrected chi connectivity index (χ1v) is 9.79. The lowest BCUT2D eigenvalue weighted by molar-refractivity contribution is -0.131. The number of rotatable bonds is 6. The maximum absolute atomic E-state index is 12.1. The van der Waals surface area contributed by atoms with Gasteiger partial charge in [-0.1, -0.05) is 44.5 Å². The minimum Gasteiger partial charge on any atom is -0.489 e. The summed E-state index contributed by atoms with van der Waals surface area (Å²) in [6.45, 7) is 7.25. The van der Waals surface area contributed by atoms with Gasteiger partial charge in [0, 0.05) is 16.0 Å². The minimum absolute atomic E-state index is 0.225. The molecule has 0 fully saturated rings. The zero-order valence-electron chi connectivity index (χ0n) is 17.5. The summed E-state index contributed by atoms with van der Waals surface area (Å²) in [7, 11) is 0. The van der Waals surface area contributed by atoms with E-state index in [1.165, 1.54) is 0 Å². The van der Waals surface area contributed by atoms with Crippen LogP contribution in [-0.4, -0.2) is 24.3 Å². The van der Waals surface area contributed by atoms with Gasteiger partial charge < -0.3 is 10.1 Å². The number of amides is 3. The molecule has 30 heavy (non-hydrogen) atoms. The largest absolute Gasteiger partial charge is 0.489 e. The van der Waals surface area contributed by atoms with Gasteiger partial charge in [-0.05, 0) is 48.4 Å². The standard InChI is InChI=1S/C22H26ClN3O4/c1-14-11-17(9-10-18(14)23)30-13-15-5-7-16(8-6-15)20(28)26-25-19(27)12-24-21(29)22(2,3)4/h5-11H,12-13H2,1-4H3,(H,24,29)(H,25,27)(H,26,28). The fourth-order valence-electron chi connectivity index (χ4n) is 2.29. The average molecular weight is 432 g/mol. The first kappa shape index (κ1) is 23.2. The highest BCUT2D eigenvalue weighted by molar-refractivity contribution is 6.31. The Kier molecular flexibility index (Phi) is 7.83. The van der Waals surface area contributed by atoms with Gasteiger partial charge in [0.1, 0.15) is 12.4 Å². The number of nitrogens with one attached hydrogen (secondary N) is 3. The first-order chi connectivity index (χ1) is 14.1. The highest BCUT2D eigenvalue weighted by atomic mass is 35.5. The first-order valence-electron chi connectivity index (χ1n) is 9.41. The molecule has 0 saturated carbocycles. The van der Waals surface area contributed by atoms with Gasteiger partial charge in [0.15, 0.2) is 0 Å². The Morgan fingerprint density at radius 3 is 2.27 bits per heavy atom. The molecule has 0 radical (unpaired) electrons. The Morgan fingerprint density at radius 1 is 1.00 bits per heavy atom. The van der Waals surface area contributed by atoms with E-state index in [0.717, 1.165) is 11.1 Å². The lowest BCUT2D eigenvalue weighted by Crippen LogP contribution is -2.47. The molecular weight excluding hydrogens is 406 g/mol. The molecule has 2 aromatic rings. The van der Waals surface area contributed by atoms with Crippen LogP contribution in [0.4, 0.5) is 0 Å². The smallest absolute Gasteiger partial charge is 0.269 e. The molecule has 0 aliphatic rings. The van der Waals surface area contributed by atoms with Crippen LogP contribution in [0.25, 0.3) is 0 Å². The molecule has 160 valence electrons. The molecule has 0 saturated heterocycles. The molecular formula is C22H26ClN3O4. The van der Waals surface area contributed by atoms with E-state index in [1.54, 1.807) is 57.2 Å². The average Bonchev–Trinajstić information content (AvgIpc) is 2.70. The predicted octanol–water partition coefficient (Wildman–Crippen LogP) is 3.15. The van der Waals surface area contributed by atoms with Crippen molar-refractivity contribution in [3.05, 3.63) is 64.2 Å². The van der Waals surface area contributed by atoms with Gasteiger partial charge in [-0.2, -0.15) is 0 Å². The topological polar surface area (TPSA) is 96.5 Å². The van der Waals surface area contributed by atoms with Crippen molar-refractivity contribution in [2.24, 2.45) is 5.41 Å². The summed E-state index contributed by atoms with van der Waals surface area (Å²) in [6.07, 6.45) is 0. The number of halogens is 1. The third-order valence-electron chi connectivity index (χ3n) is 4.16. The van der Waals surface area contributed by atoms with Crippen molar-refractivity contribution in [1.29, 1.82) is 0 Å². The summed E-state index contributed by atoms with van der Waals surface area (Å²) in [6, 6.07) is 12.2. The quantitative estimate of drug-likeness (QED) is 0.612. The summed E-state index contributed by atoms with van der Waals surface area (Å²) in [4.78, 5) is 35.7. The highest BCUT2D eigenvalue weighted by Gasteiger charge is 2.21. The number of hydrazine groups is 1. The lowest BCUT2D eigenvalue weighted by Gasteiger charge is -2.17. The highest BCUT2D eigenvalue weighted by Crippen LogP contribution is 2.22. The number of benzene rings is 2. The van der Waals surface area contributed by atoms with Crippen LogP contribution in [0.3, 0.4) is 0 Å². The monoisotopic (exact) mass is 431 g/mol. The van der Waals surface area contributed by atoms with Crippen LogP contribution in [0.1, 0.15) is 42.3 Å². The third kappa shape index (κ3) is 7.08. The summed E-state index contributed by atoms with van der Waals surface area (Å²) in [5.41, 5.74) is 6.18. The van der Waals surface area contributed by atoms with E-state index in [9.17, 15) is 14.4 Å². The number of aryl methyl sites for hydroxylation is 1. The van der Waals surface area contributed by atoms with Gasteiger partial charge in [0.2, 0.25) is 5.91 Å². The van der Waals surface area contributed by atoms with E-state index in [4.69, 9.17) is 16.3 Å². The second kappa shape index (κ2) is 10.1. The molecule has 8 heteroatoms. The maximum Gasteiger partial charge on any atom is 0.269 e. The van der Waals surface area contributed by atoms with Crippen LogP contribution >= 0.6 is 11.6 Å². The number of hydrogen-bond acceptors (Lipinski definition) is 4. The Labute approximate surface area is 181 Å². The Hall–Kier alpha value is -3.06. The van der Waals surface area contributed by atoms with Crippen LogP contribution in [0.5, 0.6) is 5.75 Å². The van der Waals surface area contributed by atoms with E-state index in [1.807, 2.05) is 13.0 Å². The van der Waals surface area contributed by atoms with Crippen molar-refractivity contribution < 1.29 is 19.1 Å². The zero-order valence-corrected chi connectivity index (χ0v) is 18.2. The molecule has 3 amide bonds. The van der Waals surface area contributed by atoms with Gasteiger partial charge in [0.05, 0.1) is 6.54 Å². The van der Waals surface area contributed by atoms with E-state index < -0.39 is 17.2 Å². The van der Waals surface area contributed by atoms with Gasteiger partial charge in [-0.3, -0.25) is 25.2 Å². The SMILES string of the molecule is Cc1cc(OCc2ccc(C(=O)NNC(=O)CNC(=O)C(C)(C)C)cc2)ccc1Cl. The third-order valence-corrected chi connectivity index (χ3v) is 4.58. The van der Waals surface area contributed by atoms with Gasteiger partial charge in [0.25, 0.3) is 11.8 Å². The van der Waals surface area contributed by atoms with Gasteiger partial charge in [-0.25, -0.2) is 0 Å². The van der Waals surface area contributed by atoms with Crippen molar-refractivity contribution in [2.75, 3.05) is 6.54 Å². The van der Waals surface area contributed by atoms with Crippen LogP contribution in [0.2, 0.25) is 5.02 Å². The van der Waals surface area contributed by atoms with E-state index in [0.29, 0.717) is 22.9 Å². The van der Waals surface area contributed by atoms with Crippen molar-refractivity contribution >= 4 is 29.3 Å². The molecule has 0 unspecified atom stereocenters. The number of hydrogen-bond donors (Lipinski definition) is 3. The molecule has 7 nitrogen and oxygen atoms in total. The fraction of sp³-hybridized carbons (Fsp3) is 0.318. The molecule has 0 bridgehead atoms. The second-order valence-corrected chi connectivity index (χ2v) is 8.24. The molecule has 0 aromatic heterocycles. The molecule has 0 heterocycles. The summed E-state index contributed by atoms with van der Waals surface area (Å²) >= 11 is 6.00. The fourth-order valence-corrected chi connectivity index (χ4v) is 2.41. The van der Waals surface area contributed by atoms with Crippen molar-refractivity contribution in [3.8, 4) is 5.75 Å². The molecule has 0 atom stereocenters. The van der Waals surface area contributed by atoms with E-state index in [2.05, 4.69) is 16.2 Å². The number of carbonyl (C=O) groups is 3. The predicted molar refractivity (Wildman–Crippen MR) is 115 cm³/mol. The number of carbonyl (C=O) groups excluding carboxylic acids is 3. The van der Waals surface area contributed by atoms with Crippen molar-refractivity contribution in [3.63, 3.8) is 0 Å². The van der Waals surface area contributed by atoms with Crippen LogP contribution in [-0.2, 0) is 16.2 Å². The summed E-state index contributed by atoms with van der Waals surface area (Å²) in [5, 5.41) is 3.19. The molecule has 0 aliphatic carbocycles. The summed E-state index contributed by atoms with van der Waals surface area (Å²) in [5.74, 6) is -0.536. The number of ether oxygens (including phenoxy) is 1. The van der Waals surface area contributed by atoms with E-state index >= 15 is 0 Å². The van der Waals surface area contributed by atoms with Gasteiger partial charge >= 0.3 is 0 Å². The molecule has 2 rings (SSSR count). The van der Waals surface area contributed by atoms with Crippen molar-refractivity contribution in [1.82, 2.24) is 16.2 Å². The van der Waals surface area contributed by atoms with Gasteiger partial charge in [-0.15, -0.1) is 0 Å². The Balaban J connectivity index is 1.79. The Morgan fingerprint density at radius 2 is 1.67 bits per heavy atom. The molecule has 2 aromatic carbocycles. The lowest BCUT2D eigenvalue weighted by atomic mass is 9.96. The molecule has 0 spiro atoms. The normalized spacial score (nSPS) is 10.8. The van der Waals surface area contributed by atoms with Crippen LogP contribution < -0.4 is 20.9 Å². The minimum atomic E-state index is -0.596. The summed E-state index contributed by atoms with van der Waals surface area (Å²) < 4.78 is 5.73. The zero-order chi connectivity index (χ0) is 22.3. The molecule has 3 N–H and O–H groups in total. The maximum atomic E-state index is 12.1. The van der Waals surface area contributed by atoms with Crippen LogP contribution in [0.15, 0.2) is 42.5 Å². The Bertz CT molecular complexity index is 921.